The fourth-order valence-electron chi connectivity index (χ4n) is 4.38. The molecule has 1 aromatic rings. The topological polar surface area (TPSA) is 43.9 Å². The smallest absolute Gasteiger partial charge is 0.246 e. The van der Waals surface area contributed by atoms with Gasteiger partial charge in [-0.05, 0) is 44.2 Å². The Kier molecular flexibility index (Phi) is 4.04. The molecule has 0 radical (unpaired) electrons. The Balaban J connectivity index is 1.35. The summed E-state index contributed by atoms with van der Waals surface area (Å²) in [4.78, 5) is 30.9. The molecule has 0 aromatic heterocycles. The Hall–Kier alpha value is -1.88. The van der Waals surface area contributed by atoms with Gasteiger partial charge in [0.05, 0.1) is 6.54 Å². The van der Waals surface area contributed by atoms with Gasteiger partial charge in [0.1, 0.15) is 6.54 Å². The molecule has 1 aromatic carbocycles. The molecule has 2 saturated heterocycles. The second-order valence-electron chi connectivity index (χ2n) is 7.46. The van der Waals surface area contributed by atoms with Gasteiger partial charge in [0.15, 0.2) is 0 Å². The summed E-state index contributed by atoms with van der Waals surface area (Å²) in [6, 6.07) is 8.59. The van der Waals surface area contributed by atoms with Gasteiger partial charge >= 0.3 is 0 Å². The molecule has 2 atom stereocenters. The summed E-state index contributed by atoms with van der Waals surface area (Å²) < 4.78 is 0. The second kappa shape index (κ2) is 6.20. The number of nitrogens with zero attached hydrogens (tertiary/aromatic N) is 3. The largest absolute Gasteiger partial charge is 0.330 e. The number of fused-ring (bicyclic) bond motifs is 2. The minimum absolute atomic E-state index is 0.0152. The van der Waals surface area contributed by atoms with Crippen molar-refractivity contribution in [3.8, 4) is 0 Å². The highest BCUT2D eigenvalue weighted by Crippen LogP contribution is 2.37. The zero-order valence-electron chi connectivity index (χ0n) is 14.3. The molecule has 24 heavy (non-hydrogen) atoms. The van der Waals surface area contributed by atoms with Gasteiger partial charge in [-0.25, -0.2) is 0 Å². The van der Waals surface area contributed by atoms with Crippen LogP contribution in [0.2, 0.25) is 0 Å². The first-order valence-corrected chi connectivity index (χ1v) is 8.99. The van der Waals surface area contributed by atoms with E-state index >= 15 is 0 Å². The number of benzene rings is 1. The lowest BCUT2D eigenvalue weighted by Gasteiger charge is -2.36. The monoisotopic (exact) mass is 327 g/mol. The van der Waals surface area contributed by atoms with E-state index in [9.17, 15) is 9.59 Å². The van der Waals surface area contributed by atoms with Crippen LogP contribution >= 0.6 is 0 Å². The standard InChI is InChI=1S/C19H25N3O2/c1-14-2-5-16(6-3-14)22-9-8-20(13-19(22)24)18(23)12-21-11-15-4-7-17(21)10-15/h2-3,5-6,15,17H,4,7-13H2,1H3/t15-,17+/m1/s1. The summed E-state index contributed by atoms with van der Waals surface area (Å²) in [5, 5.41) is 0. The maximum atomic E-state index is 12.6. The predicted octanol–water partition coefficient (Wildman–Crippen LogP) is 1.65. The Morgan fingerprint density at radius 2 is 1.96 bits per heavy atom. The first kappa shape index (κ1) is 15.6. The van der Waals surface area contributed by atoms with E-state index in [0.717, 1.165) is 18.2 Å². The zero-order chi connectivity index (χ0) is 16.7. The first-order chi connectivity index (χ1) is 11.6. The summed E-state index contributed by atoms with van der Waals surface area (Å²) in [6.45, 7) is 4.99. The van der Waals surface area contributed by atoms with Gasteiger partial charge in [0, 0.05) is 31.4 Å². The van der Waals surface area contributed by atoms with Crippen molar-refractivity contribution in [1.82, 2.24) is 9.80 Å². The Bertz CT molecular complexity index is 643. The van der Waals surface area contributed by atoms with Gasteiger partial charge in [-0.1, -0.05) is 17.7 Å². The molecule has 3 fully saturated rings. The van der Waals surface area contributed by atoms with Gasteiger partial charge in [0.25, 0.3) is 0 Å². The van der Waals surface area contributed by atoms with Crippen molar-refractivity contribution in [3.05, 3.63) is 29.8 Å². The van der Waals surface area contributed by atoms with Crippen LogP contribution in [-0.4, -0.2) is 60.4 Å². The highest BCUT2D eigenvalue weighted by atomic mass is 16.2. The van der Waals surface area contributed by atoms with Crippen molar-refractivity contribution in [2.24, 2.45) is 5.92 Å². The molecule has 5 nitrogen and oxygen atoms in total. The third kappa shape index (κ3) is 2.93. The van der Waals surface area contributed by atoms with Crippen LogP contribution in [0.5, 0.6) is 0 Å². The molecule has 2 amide bonds. The zero-order valence-corrected chi connectivity index (χ0v) is 14.3. The molecule has 0 unspecified atom stereocenters. The predicted molar refractivity (Wildman–Crippen MR) is 92.8 cm³/mol. The lowest BCUT2D eigenvalue weighted by atomic mass is 10.1. The summed E-state index contributed by atoms with van der Waals surface area (Å²) in [5.74, 6) is 0.920. The van der Waals surface area contributed by atoms with Crippen molar-refractivity contribution in [1.29, 1.82) is 0 Å². The van der Waals surface area contributed by atoms with E-state index in [2.05, 4.69) is 4.90 Å². The van der Waals surface area contributed by atoms with E-state index < -0.39 is 0 Å². The molecule has 128 valence electrons. The molecule has 1 saturated carbocycles. The number of aryl methyl sites for hydroxylation is 1. The van der Waals surface area contributed by atoms with E-state index in [0.29, 0.717) is 25.7 Å². The number of carbonyl (C=O) groups excluding carboxylic acids is 2. The molecular weight excluding hydrogens is 302 g/mol. The SMILES string of the molecule is Cc1ccc(N2CCN(C(=O)CN3C[C@@H]4CC[C@H]3C4)CC2=O)cc1. The fourth-order valence-corrected chi connectivity index (χ4v) is 4.38. The molecule has 2 bridgehead atoms. The van der Waals surface area contributed by atoms with Crippen LogP contribution < -0.4 is 4.90 Å². The van der Waals surface area contributed by atoms with E-state index in [1.807, 2.05) is 31.2 Å². The third-order valence-corrected chi connectivity index (χ3v) is 5.78. The minimum Gasteiger partial charge on any atom is -0.330 e. The number of hydrogen-bond acceptors (Lipinski definition) is 3. The van der Waals surface area contributed by atoms with Gasteiger partial charge in [0.2, 0.25) is 11.8 Å². The van der Waals surface area contributed by atoms with E-state index in [1.54, 1.807) is 9.80 Å². The van der Waals surface area contributed by atoms with Crippen LogP contribution in [0.4, 0.5) is 5.69 Å². The number of amides is 2. The molecular formula is C19H25N3O2. The molecule has 0 spiro atoms. The summed E-state index contributed by atoms with van der Waals surface area (Å²) in [7, 11) is 0. The minimum atomic E-state index is 0.0152. The molecule has 2 heterocycles. The van der Waals surface area contributed by atoms with Gasteiger partial charge < -0.3 is 9.80 Å². The number of piperidine rings is 1. The number of piperazine rings is 1. The average molecular weight is 327 g/mol. The number of anilines is 1. The fraction of sp³-hybridized carbons (Fsp3) is 0.579. The molecule has 4 rings (SSSR count). The number of hydrogen-bond donors (Lipinski definition) is 0. The molecule has 0 N–H and O–H groups in total. The van der Waals surface area contributed by atoms with Crippen LogP contribution in [0, 0.1) is 12.8 Å². The molecule has 3 aliphatic rings. The van der Waals surface area contributed by atoms with E-state index in [-0.39, 0.29) is 18.4 Å². The van der Waals surface area contributed by atoms with Crippen molar-refractivity contribution < 1.29 is 9.59 Å². The van der Waals surface area contributed by atoms with Crippen molar-refractivity contribution in [2.45, 2.75) is 32.2 Å². The lowest BCUT2D eigenvalue weighted by Crippen LogP contribution is -2.54. The lowest BCUT2D eigenvalue weighted by molar-refractivity contribution is -0.138. The summed E-state index contributed by atoms with van der Waals surface area (Å²) >= 11 is 0. The number of rotatable bonds is 3. The molecule has 2 aliphatic heterocycles. The van der Waals surface area contributed by atoms with E-state index in [1.165, 1.54) is 24.8 Å². The number of carbonyl (C=O) groups is 2. The van der Waals surface area contributed by atoms with E-state index in [4.69, 9.17) is 0 Å². The van der Waals surface area contributed by atoms with Crippen molar-refractivity contribution in [3.63, 3.8) is 0 Å². The average Bonchev–Trinajstić information content (AvgIpc) is 3.18. The third-order valence-electron chi connectivity index (χ3n) is 5.78. The van der Waals surface area contributed by atoms with Crippen LogP contribution in [0.3, 0.4) is 0 Å². The Labute approximate surface area is 143 Å². The highest BCUT2D eigenvalue weighted by Gasteiger charge is 2.39. The van der Waals surface area contributed by atoms with Crippen molar-refractivity contribution in [2.75, 3.05) is 37.6 Å². The quantitative estimate of drug-likeness (QED) is 0.848. The second-order valence-corrected chi connectivity index (χ2v) is 7.46. The van der Waals surface area contributed by atoms with Crippen LogP contribution in [-0.2, 0) is 9.59 Å². The first-order valence-electron chi connectivity index (χ1n) is 8.99. The summed E-state index contributed by atoms with van der Waals surface area (Å²) in [6.07, 6.45) is 3.81. The van der Waals surface area contributed by atoms with Gasteiger partial charge in [-0.15, -0.1) is 0 Å². The van der Waals surface area contributed by atoms with Gasteiger partial charge in [-0.3, -0.25) is 14.5 Å². The Morgan fingerprint density at radius 1 is 1.17 bits per heavy atom. The normalized spacial score (nSPS) is 27.1. The van der Waals surface area contributed by atoms with Gasteiger partial charge in [-0.2, -0.15) is 0 Å². The maximum absolute atomic E-state index is 12.6. The molecule has 5 heteroatoms. The van der Waals surface area contributed by atoms with Crippen molar-refractivity contribution >= 4 is 17.5 Å². The maximum Gasteiger partial charge on any atom is 0.246 e. The highest BCUT2D eigenvalue weighted by molar-refractivity contribution is 5.98. The summed E-state index contributed by atoms with van der Waals surface area (Å²) in [5.41, 5.74) is 2.11. The van der Waals surface area contributed by atoms with Crippen LogP contribution in [0.1, 0.15) is 24.8 Å². The van der Waals surface area contributed by atoms with Crippen LogP contribution in [0.25, 0.3) is 0 Å². The van der Waals surface area contributed by atoms with Crippen LogP contribution in [0.15, 0.2) is 24.3 Å². The number of likely N-dealkylation sites (tertiary alicyclic amines) is 1. The molecule has 1 aliphatic carbocycles. The Morgan fingerprint density at radius 3 is 2.58 bits per heavy atom.